The summed E-state index contributed by atoms with van der Waals surface area (Å²) in [5.74, 6) is -0.621. The monoisotopic (exact) mass is 416 g/mol. The number of benzene rings is 3. The standard InChI is InChI=1S/C25H21FN2O3/c1-31-21-10-6-5-9-20(21)22-23(27-19-7-3-2-4-8-19)25(30)28(24(22)29)16-15-17-11-13-18(26)14-12-17/h2-14,27H,15-16H2,1H3. The first-order valence-corrected chi connectivity index (χ1v) is 9.89. The quantitative estimate of drug-likeness (QED) is 0.585. The maximum atomic E-state index is 13.4. The van der Waals surface area contributed by atoms with Crippen LogP contribution < -0.4 is 10.1 Å². The van der Waals surface area contributed by atoms with E-state index in [1.165, 1.54) is 24.1 Å². The molecular weight excluding hydrogens is 395 g/mol. The fourth-order valence-corrected chi connectivity index (χ4v) is 3.55. The summed E-state index contributed by atoms with van der Waals surface area (Å²) in [5.41, 5.74) is 2.56. The number of nitrogens with one attached hydrogen (secondary N) is 1. The summed E-state index contributed by atoms with van der Waals surface area (Å²) >= 11 is 0. The number of methoxy groups -OCH3 is 1. The smallest absolute Gasteiger partial charge is 0.278 e. The van der Waals surface area contributed by atoms with Crippen molar-refractivity contribution < 1.29 is 18.7 Å². The molecule has 5 nitrogen and oxygen atoms in total. The lowest BCUT2D eigenvalue weighted by Gasteiger charge is -2.15. The number of anilines is 1. The predicted molar refractivity (Wildman–Crippen MR) is 117 cm³/mol. The number of hydrogen-bond donors (Lipinski definition) is 1. The molecular formula is C25H21FN2O3. The van der Waals surface area contributed by atoms with Gasteiger partial charge in [-0.05, 0) is 42.3 Å². The van der Waals surface area contributed by atoms with Crippen LogP contribution in [0.2, 0.25) is 0 Å². The fourth-order valence-electron chi connectivity index (χ4n) is 3.55. The van der Waals surface area contributed by atoms with Crippen molar-refractivity contribution in [3.8, 4) is 5.75 Å². The van der Waals surface area contributed by atoms with Crippen molar-refractivity contribution in [3.05, 3.63) is 102 Å². The van der Waals surface area contributed by atoms with Crippen molar-refractivity contribution in [2.75, 3.05) is 19.0 Å². The van der Waals surface area contributed by atoms with Gasteiger partial charge in [-0.2, -0.15) is 0 Å². The highest BCUT2D eigenvalue weighted by Crippen LogP contribution is 2.35. The van der Waals surface area contributed by atoms with E-state index in [1.54, 1.807) is 36.4 Å². The molecule has 3 aromatic rings. The second kappa shape index (κ2) is 8.83. The van der Waals surface area contributed by atoms with Crippen LogP contribution in [0.3, 0.4) is 0 Å². The molecule has 0 bridgehead atoms. The Morgan fingerprint density at radius 2 is 1.55 bits per heavy atom. The number of carbonyl (C=O) groups excluding carboxylic acids is 2. The zero-order chi connectivity index (χ0) is 21.8. The SMILES string of the molecule is COc1ccccc1C1=C(Nc2ccccc2)C(=O)N(CCc2ccc(F)cc2)C1=O. The number of hydrogen-bond acceptors (Lipinski definition) is 4. The molecule has 156 valence electrons. The Bertz CT molecular complexity index is 1140. The van der Waals surface area contributed by atoms with E-state index in [-0.39, 0.29) is 23.6 Å². The Morgan fingerprint density at radius 1 is 0.871 bits per heavy atom. The van der Waals surface area contributed by atoms with Crippen LogP contribution in [-0.4, -0.2) is 30.4 Å². The van der Waals surface area contributed by atoms with Crippen LogP contribution in [-0.2, 0) is 16.0 Å². The maximum absolute atomic E-state index is 13.4. The Morgan fingerprint density at radius 3 is 2.26 bits per heavy atom. The van der Waals surface area contributed by atoms with Crippen LogP contribution in [0.4, 0.5) is 10.1 Å². The number of rotatable bonds is 7. The highest BCUT2D eigenvalue weighted by atomic mass is 19.1. The predicted octanol–water partition coefficient (Wildman–Crippen LogP) is 4.27. The van der Waals surface area contributed by atoms with Crippen LogP contribution in [0.25, 0.3) is 5.57 Å². The molecule has 3 aromatic carbocycles. The average Bonchev–Trinajstić information content (AvgIpc) is 3.03. The molecule has 1 aliphatic rings. The van der Waals surface area contributed by atoms with Crippen molar-refractivity contribution in [3.63, 3.8) is 0 Å². The first-order chi connectivity index (χ1) is 15.1. The van der Waals surface area contributed by atoms with Crippen molar-refractivity contribution in [2.24, 2.45) is 0 Å². The van der Waals surface area contributed by atoms with Gasteiger partial charge in [-0.3, -0.25) is 14.5 Å². The normalized spacial score (nSPS) is 13.7. The van der Waals surface area contributed by atoms with Gasteiger partial charge in [0, 0.05) is 17.8 Å². The second-order valence-corrected chi connectivity index (χ2v) is 7.08. The number of nitrogens with zero attached hydrogens (tertiary/aromatic N) is 1. The van der Waals surface area contributed by atoms with Gasteiger partial charge < -0.3 is 10.1 Å². The molecule has 1 heterocycles. The van der Waals surface area contributed by atoms with Gasteiger partial charge in [0.05, 0.1) is 12.7 Å². The Balaban J connectivity index is 1.68. The molecule has 0 unspecified atom stereocenters. The van der Waals surface area contributed by atoms with Crippen molar-refractivity contribution >= 4 is 23.1 Å². The van der Waals surface area contributed by atoms with E-state index in [0.717, 1.165) is 5.56 Å². The molecule has 1 N–H and O–H groups in total. The summed E-state index contributed by atoms with van der Waals surface area (Å²) in [6, 6.07) is 22.4. The molecule has 0 radical (unpaired) electrons. The van der Waals surface area contributed by atoms with Gasteiger partial charge in [-0.1, -0.05) is 48.5 Å². The number of amides is 2. The van der Waals surface area contributed by atoms with Crippen LogP contribution in [0.1, 0.15) is 11.1 Å². The Hall–Kier alpha value is -3.93. The lowest BCUT2D eigenvalue weighted by Crippen LogP contribution is -2.34. The fraction of sp³-hybridized carbons (Fsp3) is 0.120. The second-order valence-electron chi connectivity index (χ2n) is 7.08. The van der Waals surface area contributed by atoms with E-state index in [9.17, 15) is 14.0 Å². The number of imide groups is 1. The van der Waals surface area contributed by atoms with Gasteiger partial charge in [0.25, 0.3) is 11.8 Å². The summed E-state index contributed by atoms with van der Waals surface area (Å²) in [4.78, 5) is 27.8. The Labute approximate surface area is 179 Å². The lowest BCUT2D eigenvalue weighted by molar-refractivity contribution is -0.136. The first-order valence-electron chi connectivity index (χ1n) is 9.89. The molecule has 0 spiro atoms. The van der Waals surface area contributed by atoms with E-state index >= 15 is 0 Å². The number of carbonyl (C=O) groups is 2. The first kappa shape index (κ1) is 20.3. The molecule has 0 saturated heterocycles. The van der Waals surface area contributed by atoms with Crippen LogP contribution in [0, 0.1) is 5.82 Å². The van der Waals surface area contributed by atoms with Crippen molar-refractivity contribution in [1.82, 2.24) is 4.90 Å². The minimum absolute atomic E-state index is 0.182. The molecule has 0 fully saturated rings. The number of para-hydroxylation sites is 2. The summed E-state index contributed by atoms with van der Waals surface area (Å²) in [5, 5.41) is 3.12. The molecule has 0 saturated carbocycles. The molecule has 2 amide bonds. The third kappa shape index (κ3) is 4.19. The summed E-state index contributed by atoms with van der Waals surface area (Å²) < 4.78 is 18.6. The van der Waals surface area contributed by atoms with E-state index < -0.39 is 11.8 Å². The van der Waals surface area contributed by atoms with Gasteiger partial charge >= 0.3 is 0 Å². The molecule has 0 atom stereocenters. The van der Waals surface area contributed by atoms with Crippen molar-refractivity contribution in [1.29, 1.82) is 0 Å². The zero-order valence-electron chi connectivity index (χ0n) is 17.0. The van der Waals surface area contributed by atoms with Crippen LogP contribution in [0.5, 0.6) is 5.75 Å². The topological polar surface area (TPSA) is 58.6 Å². The molecule has 31 heavy (non-hydrogen) atoms. The number of ether oxygens (including phenoxy) is 1. The zero-order valence-corrected chi connectivity index (χ0v) is 17.0. The van der Waals surface area contributed by atoms with Gasteiger partial charge in [-0.15, -0.1) is 0 Å². The highest BCUT2D eigenvalue weighted by molar-refractivity contribution is 6.37. The van der Waals surface area contributed by atoms with E-state index in [2.05, 4.69) is 5.32 Å². The van der Waals surface area contributed by atoms with E-state index in [0.29, 0.717) is 23.4 Å². The Kier molecular flexibility index (Phi) is 5.80. The summed E-state index contributed by atoms with van der Waals surface area (Å²) in [7, 11) is 1.53. The molecule has 6 heteroatoms. The van der Waals surface area contributed by atoms with Gasteiger partial charge in [-0.25, -0.2) is 4.39 Å². The van der Waals surface area contributed by atoms with Gasteiger partial charge in [0.2, 0.25) is 0 Å². The summed E-state index contributed by atoms with van der Waals surface area (Å²) in [6.07, 6.45) is 0.426. The molecule has 1 aliphatic heterocycles. The molecule has 0 aliphatic carbocycles. The summed E-state index contributed by atoms with van der Waals surface area (Å²) in [6.45, 7) is 0.182. The maximum Gasteiger partial charge on any atom is 0.278 e. The van der Waals surface area contributed by atoms with E-state index in [4.69, 9.17) is 4.74 Å². The third-order valence-electron chi connectivity index (χ3n) is 5.12. The average molecular weight is 416 g/mol. The number of halogens is 1. The van der Waals surface area contributed by atoms with Crippen LogP contribution >= 0.6 is 0 Å². The van der Waals surface area contributed by atoms with Crippen molar-refractivity contribution in [2.45, 2.75) is 6.42 Å². The minimum atomic E-state index is -0.406. The molecule has 4 rings (SSSR count). The third-order valence-corrected chi connectivity index (χ3v) is 5.12. The minimum Gasteiger partial charge on any atom is -0.496 e. The van der Waals surface area contributed by atoms with Crippen LogP contribution in [0.15, 0.2) is 84.6 Å². The molecule has 0 aromatic heterocycles. The largest absolute Gasteiger partial charge is 0.496 e. The van der Waals surface area contributed by atoms with E-state index in [1.807, 2.05) is 30.3 Å². The lowest BCUT2D eigenvalue weighted by atomic mass is 10.0. The van der Waals surface area contributed by atoms with Gasteiger partial charge in [0.15, 0.2) is 0 Å². The van der Waals surface area contributed by atoms with Gasteiger partial charge in [0.1, 0.15) is 17.3 Å². The highest BCUT2D eigenvalue weighted by Gasteiger charge is 2.39.